The van der Waals surface area contributed by atoms with Gasteiger partial charge in [-0.1, -0.05) is 19.3 Å². The second kappa shape index (κ2) is 7.34. The molecule has 1 saturated heterocycles. The normalized spacial score (nSPS) is 26.8. The van der Waals surface area contributed by atoms with Crippen LogP contribution in [0.1, 0.15) is 38.5 Å². The van der Waals surface area contributed by atoms with Crippen molar-refractivity contribution in [1.29, 1.82) is 0 Å². The van der Waals surface area contributed by atoms with E-state index in [1.807, 2.05) is 0 Å². The van der Waals surface area contributed by atoms with Crippen LogP contribution in [0, 0.1) is 5.92 Å². The third-order valence-corrected chi connectivity index (χ3v) is 4.33. The molecule has 1 aliphatic heterocycles. The van der Waals surface area contributed by atoms with E-state index in [2.05, 4.69) is 17.3 Å². The number of hydrogen-bond donors (Lipinski definition) is 1. The quantitative estimate of drug-likeness (QED) is 0.717. The molecule has 1 heterocycles. The zero-order chi connectivity index (χ0) is 11.9. The zero-order valence-corrected chi connectivity index (χ0v) is 11.3. The van der Waals surface area contributed by atoms with Crippen molar-refractivity contribution in [2.45, 2.75) is 44.6 Å². The molecule has 1 unspecified atom stereocenters. The van der Waals surface area contributed by atoms with Gasteiger partial charge in [-0.15, -0.1) is 0 Å². The third-order valence-electron chi connectivity index (χ3n) is 4.33. The zero-order valence-electron chi connectivity index (χ0n) is 11.3. The highest BCUT2D eigenvalue weighted by molar-refractivity contribution is 4.74. The largest absolute Gasteiger partial charge is 0.380 e. The maximum absolute atomic E-state index is 5.42. The van der Waals surface area contributed by atoms with Crippen molar-refractivity contribution < 1.29 is 4.74 Å². The first-order valence-electron chi connectivity index (χ1n) is 7.35. The first kappa shape index (κ1) is 13.3. The molecule has 0 aromatic heterocycles. The Morgan fingerprint density at radius 3 is 2.71 bits per heavy atom. The van der Waals surface area contributed by atoms with Gasteiger partial charge in [0.15, 0.2) is 0 Å². The first-order valence-corrected chi connectivity index (χ1v) is 7.35. The molecule has 1 N–H and O–H groups in total. The smallest absolute Gasteiger partial charge is 0.0622 e. The minimum absolute atomic E-state index is 0.659. The van der Waals surface area contributed by atoms with E-state index in [0.29, 0.717) is 6.04 Å². The Morgan fingerprint density at radius 2 is 2.00 bits per heavy atom. The molecule has 0 spiro atoms. The second-order valence-corrected chi connectivity index (χ2v) is 5.71. The highest BCUT2D eigenvalue weighted by Crippen LogP contribution is 2.22. The van der Waals surface area contributed by atoms with Gasteiger partial charge in [-0.05, 0) is 38.8 Å². The van der Waals surface area contributed by atoms with Gasteiger partial charge in [-0.3, -0.25) is 4.90 Å². The van der Waals surface area contributed by atoms with Crippen LogP contribution in [0.3, 0.4) is 0 Å². The average molecular weight is 240 g/mol. The van der Waals surface area contributed by atoms with E-state index < -0.39 is 0 Å². The van der Waals surface area contributed by atoms with Crippen LogP contribution in [0.2, 0.25) is 0 Å². The highest BCUT2D eigenvalue weighted by atomic mass is 16.5. The van der Waals surface area contributed by atoms with E-state index in [1.165, 1.54) is 45.1 Å². The summed E-state index contributed by atoms with van der Waals surface area (Å²) >= 11 is 0. The molecule has 17 heavy (non-hydrogen) atoms. The summed E-state index contributed by atoms with van der Waals surface area (Å²) in [6, 6.07) is 0.659. The van der Waals surface area contributed by atoms with Crippen molar-refractivity contribution in [3.05, 3.63) is 0 Å². The molecule has 3 heteroatoms. The van der Waals surface area contributed by atoms with Gasteiger partial charge in [0.1, 0.15) is 0 Å². The Kier molecular flexibility index (Phi) is 5.75. The molecule has 2 fully saturated rings. The Hall–Kier alpha value is -0.120. The van der Waals surface area contributed by atoms with Gasteiger partial charge in [0, 0.05) is 25.7 Å². The summed E-state index contributed by atoms with van der Waals surface area (Å²) in [4.78, 5) is 2.45. The Labute approximate surface area is 106 Å². The SMILES string of the molecule is CN(CCNCC1CCCCC1)C1CCOC1. The van der Waals surface area contributed by atoms with Gasteiger partial charge in [-0.25, -0.2) is 0 Å². The summed E-state index contributed by atoms with van der Waals surface area (Å²) in [5, 5.41) is 3.63. The van der Waals surface area contributed by atoms with Crippen molar-refractivity contribution in [3.63, 3.8) is 0 Å². The van der Waals surface area contributed by atoms with Gasteiger partial charge in [0.2, 0.25) is 0 Å². The standard InChI is InChI=1S/C14H28N2O/c1-16(14-7-10-17-12-14)9-8-15-11-13-5-3-2-4-6-13/h13-15H,2-12H2,1H3. The van der Waals surface area contributed by atoms with Crippen LogP contribution < -0.4 is 5.32 Å². The van der Waals surface area contributed by atoms with Crippen LogP contribution in [0.25, 0.3) is 0 Å². The van der Waals surface area contributed by atoms with Crippen molar-refractivity contribution in [2.75, 3.05) is 39.9 Å². The highest BCUT2D eigenvalue weighted by Gasteiger charge is 2.19. The predicted octanol–water partition coefficient (Wildman–Crippen LogP) is 1.88. The average Bonchev–Trinajstić information content (AvgIpc) is 2.89. The molecule has 0 bridgehead atoms. The van der Waals surface area contributed by atoms with E-state index in [4.69, 9.17) is 4.74 Å². The number of likely N-dealkylation sites (N-methyl/N-ethyl adjacent to an activating group) is 1. The minimum atomic E-state index is 0.659. The van der Waals surface area contributed by atoms with Gasteiger partial charge >= 0.3 is 0 Å². The molecule has 2 aliphatic rings. The maximum Gasteiger partial charge on any atom is 0.0622 e. The fourth-order valence-electron chi connectivity index (χ4n) is 3.01. The molecule has 1 saturated carbocycles. The first-order chi connectivity index (χ1) is 8.36. The van der Waals surface area contributed by atoms with E-state index in [1.54, 1.807) is 0 Å². The monoisotopic (exact) mass is 240 g/mol. The van der Waals surface area contributed by atoms with Crippen molar-refractivity contribution >= 4 is 0 Å². The van der Waals surface area contributed by atoms with Crippen LogP contribution >= 0.6 is 0 Å². The van der Waals surface area contributed by atoms with Gasteiger partial charge in [0.25, 0.3) is 0 Å². The van der Waals surface area contributed by atoms with Gasteiger partial charge < -0.3 is 10.1 Å². The molecule has 3 nitrogen and oxygen atoms in total. The Morgan fingerprint density at radius 1 is 1.18 bits per heavy atom. The molecule has 1 aliphatic carbocycles. The number of rotatable bonds is 6. The van der Waals surface area contributed by atoms with Crippen molar-refractivity contribution in [2.24, 2.45) is 5.92 Å². The summed E-state index contributed by atoms with van der Waals surface area (Å²) in [5.74, 6) is 0.948. The lowest BCUT2D eigenvalue weighted by atomic mass is 9.89. The summed E-state index contributed by atoms with van der Waals surface area (Å²) in [7, 11) is 2.22. The van der Waals surface area contributed by atoms with Crippen LogP contribution in [0.15, 0.2) is 0 Å². The van der Waals surface area contributed by atoms with Crippen LogP contribution in [-0.4, -0.2) is 50.8 Å². The van der Waals surface area contributed by atoms with E-state index in [9.17, 15) is 0 Å². The summed E-state index contributed by atoms with van der Waals surface area (Å²) in [5.41, 5.74) is 0. The molecule has 2 rings (SSSR count). The maximum atomic E-state index is 5.42. The molecule has 0 amide bonds. The van der Waals surface area contributed by atoms with Gasteiger partial charge in [0.05, 0.1) is 6.61 Å². The molecular weight excluding hydrogens is 212 g/mol. The number of nitrogens with one attached hydrogen (secondary N) is 1. The summed E-state index contributed by atoms with van der Waals surface area (Å²) in [6.07, 6.45) is 8.45. The second-order valence-electron chi connectivity index (χ2n) is 5.71. The third kappa shape index (κ3) is 4.57. The molecule has 0 aromatic rings. The topological polar surface area (TPSA) is 24.5 Å². The van der Waals surface area contributed by atoms with Crippen LogP contribution in [-0.2, 0) is 4.74 Å². The van der Waals surface area contributed by atoms with Crippen molar-refractivity contribution in [1.82, 2.24) is 10.2 Å². The lowest BCUT2D eigenvalue weighted by Crippen LogP contribution is -2.38. The molecule has 1 atom stereocenters. The van der Waals surface area contributed by atoms with Crippen LogP contribution in [0.4, 0.5) is 0 Å². The van der Waals surface area contributed by atoms with Crippen molar-refractivity contribution in [3.8, 4) is 0 Å². The van der Waals surface area contributed by atoms with Crippen LogP contribution in [0.5, 0.6) is 0 Å². The number of hydrogen-bond acceptors (Lipinski definition) is 3. The number of ether oxygens (including phenoxy) is 1. The van der Waals surface area contributed by atoms with E-state index in [0.717, 1.165) is 32.2 Å². The Balaban J connectivity index is 1.50. The predicted molar refractivity (Wildman–Crippen MR) is 71.3 cm³/mol. The van der Waals surface area contributed by atoms with Gasteiger partial charge in [-0.2, -0.15) is 0 Å². The summed E-state index contributed by atoms with van der Waals surface area (Å²) < 4.78 is 5.42. The minimum Gasteiger partial charge on any atom is -0.380 e. The summed E-state index contributed by atoms with van der Waals surface area (Å²) in [6.45, 7) is 5.39. The lowest BCUT2D eigenvalue weighted by Gasteiger charge is -2.25. The lowest BCUT2D eigenvalue weighted by molar-refractivity contribution is 0.159. The molecule has 0 radical (unpaired) electrons. The fraction of sp³-hybridized carbons (Fsp3) is 1.00. The Bertz CT molecular complexity index is 198. The molecule has 100 valence electrons. The fourth-order valence-corrected chi connectivity index (χ4v) is 3.01. The molecule has 0 aromatic carbocycles. The molecular formula is C14H28N2O. The number of nitrogens with zero attached hydrogens (tertiary/aromatic N) is 1. The van der Waals surface area contributed by atoms with E-state index in [-0.39, 0.29) is 0 Å². The van der Waals surface area contributed by atoms with E-state index >= 15 is 0 Å².